The lowest BCUT2D eigenvalue weighted by Crippen LogP contribution is -2.29. The summed E-state index contributed by atoms with van der Waals surface area (Å²) in [6.45, 7) is 0.174. The number of nitrogens with one attached hydrogen (secondary N) is 1. The van der Waals surface area contributed by atoms with Crippen LogP contribution in [0.3, 0.4) is 0 Å². The third kappa shape index (κ3) is 6.05. The van der Waals surface area contributed by atoms with Crippen molar-refractivity contribution in [2.45, 2.75) is 11.4 Å². The molecule has 11 heteroatoms. The Hall–Kier alpha value is -2.44. The van der Waals surface area contributed by atoms with Crippen molar-refractivity contribution in [2.75, 3.05) is 20.3 Å². The molecule has 0 saturated heterocycles. The van der Waals surface area contributed by atoms with Gasteiger partial charge in [-0.1, -0.05) is 0 Å². The molecule has 0 bridgehead atoms. The lowest BCUT2D eigenvalue weighted by atomic mass is 10.2. The quantitative estimate of drug-likeness (QED) is 0.150. The number of hydrogen-bond acceptors (Lipinski definition) is 8. The molecule has 6 N–H and O–H groups in total. The summed E-state index contributed by atoms with van der Waals surface area (Å²) in [5.41, 5.74) is 7.00. The molecule has 0 aliphatic rings. The van der Waals surface area contributed by atoms with Crippen molar-refractivity contribution in [1.29, 1.82) is 0 Å². The maximum absolute atomic E-state index is 12.9. The molecule has 0 aliphatic heterocycles. The number of aromatic nitrogens is 1. The van der Waals surface area contributed by atoms with Crippen molar-refractivity contribution in [3.63, 3.8) is 0 Å². The van der Waals surface area contributed by atoms with Gasteiger partial charge in [0, 0.05) is 5.56 Å². The van der Waals surface area contributed by atoms with E-state index in [1.807, 2.05) is 0 Å². The van der Waals surface area contributed by atoms with E-state index in [0.717, 1.165) is 11.3 Å². The van der Waals surface area contributed by atoms with E-state index in [4.69, 9.17) is 21.4 Å². The molecule has 9 nitrogen and oxygen atoms in total. The molecule has 2 aromatic rings. The van der Waals surface area contributed by atoms with E-state index in [-0.39, 0.29) is 25.5 Å². The highest BCUT2D eigenvalue weighted by molar-refractivity contribution is 7.89. The first-order valence-corrected chi connectivity index (χ1v) is 9.01. The minimum Gasteiger partial charge on any atom is -0.593 e. The molecular weight excluding hydrogens is 375 g/mol. The molecule has 1 heterocycles. The van der Waals surface area contributed by atoms with Gasteiger partial charge in [-0.05, 0) is 30.3 Å². The normalized spacial score (nSPS) is 12.7. The van der Waals surface area contributed by atoms with E-state index in [1.165, 1.54) is 19.2 Å². The number of halogens is 1. The van der Waals surface area contributed by atoms with Crippen LogP contribution in [-0.4, -0.2) is 45.9 Å². The fourth-order valence-electron chi connectivity index (χ4n) is 2.09. The second kappa shape index (κ2) is 10.0. The fourth-order valence-corrected chi connectivity index (χ4v) is 3.04. The molecule has 0 saturated carbocycles. The van der Waals surface area contributed by atoms with Crippen molar-refractivity contribution < 1.29 is 18.8 Å². The zero-order valence-electron chi connectivity index (χ0n) is 14.6. The van der Waals surface area contributed by atoms with Crippen LogP contribution in [0.2, 0.25) is 0 Å². The predicted molar refractivity (Wildman–Crippen MR) is 99.1 cm³/mol. The Bertz CT molecular complexity index is 777. The van der Waals surface area contributed by atoms with Crippen LogP contribution in [0, 0.1) is 5.82 Å². The molecule has 1 unspecified atom stereocenters. The first kappa shape index (κ1) is 20.9. The van der Waals surface area contributed by atoms with Gasteiger partial charge in [0.1, 0.15) is 5.82 Å². The van der Waals surface area contributed by atoms with E-state index < -0.39 is 17.2 Å². The Balaban J connectivity index is 2.13. The molecule has 146 valence electrons. The van der Waals surface area contributed by atoms with E-state index >= 15 is 0 Å². The van der Waals surface area contributed by atoms with E-state index in [9.17, 15) is 8.94 Å². The number of pyridine rings is 1. The van der Waals surface area contributed by atoms with Crippen LogP contribution in [0.4, 0.5) is 4.39 Å². The summed E-state index contributed by atoms with van der Waals surface area (Å²) in [4.78, 5) is 4.30. The van der Waals surface area contributed by atoms with Gasteiger partial charge in [-0.3, -0.25) is 4.98 Å². The topological polar surface area (TPSA) is 145 Å². The molecule has 0 fully saturated rings. The van der Waals surface area contributed by atoms with Crippen molar-refractivity contribution in [3.05, 3.63) is 53.6 Å². The van der Waals surface area contributed by atoms with Crippen LogP contribution in [0.1, 0.15) is 11.3 Å². The third-order valence-electron chi connectivity index (χ3n) is 3.35. The molecule has 1 aromatic heterocycles. The molecule has 1 atom stereocenters. The Kier molecular flexibility index (Phi) is 7.76. The molecular formula is C16H21FN6O3S. The van der Waals surface area contributed by atoms with Crippen LogP contribution >= 0.6 is 0 Å². The number of amidine groups is 1. The lowest BCUT2D eigenvalue weighted by molar-refractivity contribution is 0.286. The van der Waals surface area contributed by atoms with Gasteiger partial charge in [0.2, 0.25) is 4.90 Å². The minimum absolute atomic E-state index is 0.110. The number of hydrazone groups is 1. The number of aliphatic hydroxyl groups excluding tert-OH is 1. The second-order valence-electron chi connectivity index (χ2n) is 5.30. The summed E-state index contributed by atoms with van der Waals surface area (Å²) in [5, 5.41) is 13.9. The monoisotopic (exact) mass is 396 g/mol. The Morgan fingerprint density at radius 3 is 2.85 bits per heavy atom. The number of ether oxygens (including phenoxy) is 1. The van der Waals surface area contributed by atoms with Crippen LogP contribution in [0.15, 0.2) is 46.5 Å². The molecule has 1 aromatic carbocycles. The number of rotatable bonds is 9. The number of nitrogens with two attached hydrogens (primary N) is 2. The average molecular weight is 396 g/mol. The summed E-state index contributed by atoms with van der Waals surface area (Å²) in [7, 11) is 1.44. The fraction of sp³-hybridized carbons (Fsp3) is 0.250. The van der Waals surface area contributed by atoms with Crippen molar-refractivity contribution >= 4 is 17.2 Å². The number of nitrogens with zero attached hydrogens (tertiary/aromatic N) is 3. The number of hydrazine groups is 1. The highest BCUT2D eigenvalue weighted by Crippen LogP contribution is 2.24. The third-order valence-corrected chi connectivity index (χ3v) is 4.56. The van der Waals surface area contributed by atoms with Gasteiger partial charge >= 0.3 is 0 Å². The van der Waals surface area contributed by atoms with Gasteiger partial charge < -0.3 is 20.1 Å². The van der Waals surface area contributed by atoms with Gasteiger partial charge in [-0.25, -0.2) is 15.4 Å². The molecule has 27 heavy (non-hydrogen) atoms. The Labute approximate surface area is 159 Å². The largest absolute Gasteiger partial charge is 0.593 e. The van der Waals surface area contributed by atoms with Gasteiger partial charge in [-0.2, -0.15) is 0 Å². The summed E-state index contributed by atoms with van der Waals surface area (Å²) >= 11 is -1.55. The van der Waals surface area contributed by atoms with Crippen LogP contribution in [0.5, 0.6) is 5.75 Å². The van der Waals surface area contributed by atoms with E-state index in [1.54, 1.807) is 18.2 Å². The minimum atomic E-state index is -1.55. The van der Waals surface area contributed by atoms with Crippen LogP contribution in [-0.2, 0) is 17.9 Å². The Morgan fingerprint density at radius 2 is 2.22 bits per heavy atom. The number of aliphatic hydroxyl groups is 1. The van der Waals surface area contributed by atoms with Crippen molar-refractivity contribution in [3.8, 4) is 5.75 Å². The molecule has 0 spiro atoms. The maximum Gasteiger partial charge on any atom is 0.215 e. The predicted octanol–water partition coefficient (Wildman–Crippen LogP) is -0.170. The smallest absolute Gasteiger partial charge is 0.215 e. The summed E-state index contributed by atoms with van der Waals surface area (Å²) in [6.07, 6.45) is 1.09. The molecule has 0 radical (unpaired) electrons. The highest BCUT2D eigenvalue weighted by Gasteiger charge is 2.18. The van der Waals surface area contributed by atoms with E-state index in [0.29, 0.717) is 21.9 Å². The lowest BCUT2D eigenvalue weighted by Gasteiger charge is -2.15. The maximum atomic E-state index is 12.9. The summed E-state index contributed by atoms with van der Waals surface area (Å²) < 4.78 is 32.9. The summed E-state index contributed by atoms with van der Waals surface area (Å²) in [6, 6.07) is 7.56. The zero-order valence-corrected chi connectivity index (χ0v) is 15.4. The SMILES string of the molecule is COc1cc(/C(N)=N/N(N)Cc2ccc(F)cn2)ccc1[S+]([O-])NCCO. The van der Waals surface area contributed by atoms with Gasteiger partial charge in [0.05, 0.1) is 50.1 Å². The van der Waals surface area contributed by atoms with Gasteiger partial charge in [0.15, 0.2) is 11.6 Å². The molecule has 0 aliphatic carbocycles. The standard InChI is InChI=1S/C16H21FN6O3S/c1-26-14-8-11(2-5-15(14)27(25)21-6-7-24)16(18)22-23(19)10-13-4-3-12(17)9-20-13/h2-5,8-9,21,24H,6-7,10,19H2,1H3,(H2,18,22). The van der Waals surface area contributed by atoms with Gasteiger partial charge in [0.25, 0.3) is 0 Å². The van der Waals surface area contributed by atoms with Crippen LogP contribution in [0.25, 0.3) is 0 Å². The van der Waals surface area contributed by atoms with Gasteiger partial charge in [-0.15, -0.1) is 9.82 Å². The molecule has 2 rings (SSSR count). The van der Waals surface area contributed by atoms with Crippen molar-refractivity contribution in [2.24, 2.45) is 16.7 Å². The summed E-state index contributed by atoms with van der Waals surface area (Å²) in [5.74, 6) is 5.82. The number of benzene rings is 1. The number of hydrogen-bond donors (Lipinski definition) is 4. The zero-order chi connectivity index (χ0) is 19.8. The van der Waals surface area contributed by atoms with E-state index in [2.05, 4.69) is 14.8 Å². The second-order valence-corrected chi connectivity index (χ2v) is 6.57. The first-order valence-electron chi connectivity index (χ1n) is 7.86. The van der Waals surface area contributed by atoms with Crippen LogP contribution < -0.4 is 21.0 Å². The Morgan fingerprint density at radius 1 is 1.44 bits per heavy atom. The molecule has 0 amide bonds. The number of methoxy groups -OCH3 is 1. The first-order chi connectivity index (χ1) is 12.9. The van der Waals surface area contributed by atoms with Crippen molar-refractivity contribution in [1.82, 2.24) is 14.8 Å². The highest BCUT2D eigenvalue weighted by atomic mass is 32.2. The average Bonchev–Trinajstić information content (AvgIpc) is 2.67.